The van der Waals surface area contributed by atoms with Crippen LogP contribution in [0.2, 0.25) is 0 Å². The van der Waals surface area contributed by atoms with Crippen molar-refractivity contribution in [3.8, 4) is 0 Å². The number of fused-ring (bicyclic) bond motifs is 5. The van der Waals surface area contributed by atoms with Crippen molar-refractivity contribution < 1.29 is 24.6 Å². The molecule has 3 saturated carbocycles. The van der Waals surface area contributed by atoms with Gasteiger partial charge < -0.3 is 10.2 Å². The van der Waals surface area contributed by atoms with Crippen LogP contribution in [0, 0.1) is 28.6 Å². The van der Waals surface area contributed by atoms with Crippen molar-refractivity contribution in [2.45, 2.75) is 98.7 Å². The summed E-state index contributed by atoms with van der Waals surface area (Å²) in [5.41, 5.74) is -1.75. The molecule has 5 nitrogen and oxygen atoms in total. The Hall–Kier alpha value is -1.59. The van der Waals surface area contributed by atoms with E-state index in [1.165, 1.54) is 0 Å². The highest BCUT2D eigenvalue weighted by molar-refractivity contribution is 6.02. The summed E-state index contributed by atoms with van der Waals surface area (Å²) < 4.78 is 0. The van der Waals surface area contributed by atoms with Gasteiger partial charge in [0.05, 0.1) is 6.10 Å². The van der Waals surface area contributed by atoms with Gasteiger partial charge in [0.2, 0.25) is 0 Å². The normalized spacial score (nSPS) is 40.4. The minimum atomic E-state index is -1.55. The molecule has 7 atom stereocenters. The lowest BCUT2D eigenvalue weighted by atomic mass is 9.46. The number of carbonyl (C=O) groups is 3. The molecule has 3 fully saturated rings. The largest absolute Gasteiger partial charge is 0.393 e. The maximum absolute atomic E-state index is 13.4. The number of carbonyl (C=O) groups excluding carboxylic acids is 3. The van der Waals surface area contributed by atoms with E-state index >= 15 is 0 Å². The van der Waals surface area contributed by atoms with Crippen LogP contribution in [0.5, 0.6) is 0 Å². The van der Waals surface area contributed by atoms with Crippen LogP contribution < -0.4 is 0 Å². The molecule has 0 heterocycles. The molecule has 0 radical (unpaired) electrons. The second-order valence-corrected chi connectivity index (χ2v) is 9.91. The molecule has 2 N–H and O–H groups in total. The third kappa shape index (κ3) is 3.96. The van der Waals surface area contributed by atoms with Gasteiger partial charge in [-0.2, -0.15) is 0 Å². The summed E-state index contributed by atoms with van der Waals surface area (Å²) in [5, 5.41) is 21.1. The maximum atomic E-state index is 13.4. The van der Waals surface area contributed by atoms with E-state index in [1.54, 1.807) is 19.1 Å². The van der Waals surface area contributed by atoms with Crippen LogP contribution in [0.3, 0.4) is 0 Å². The standard InChI is InChI=1S/C23H30O5.2C2H6/c1-13(24)10-19(27)23(28)9-7-17-16-5-4-14-11-15(25)6-8-21(14,2)20(16)18(26)12-22(17,23)3;2*1-2/h6,8,11,13,16-17,20,24,28H,4-5,7,9-10,12H2,1-3H3;2*1-2H3/t13?,16?,17?,20?,21?,22?,23-;;/m0../s1. The smallest absolute Gasteiger partial charge is 0.178 e. The number of rotatable bonds is 3. The van der Waals surface area contributed by atoms with E-state index in [1.807, 2.05) is 40.7 Å². The molecule has 0 aliphatic heterocycles. The molecule has 4 aliphatic carbocycles. The minimum absolute atomic E-state index is 0.0158. The lowest BCUT2D eigenvalue weighted by Crippen LogP contribution is -2.60. The zero-order valence-electron chi connectivity index (χ0n) is 20.9. The molecule has 4 rings (SSSR count). The lowest BCUT2D eigenvalue weighted by molar-refractivity contribution is -0.168. The highest BCUT2D eigenvalue weighted by Crippen LogP contribution is 2.66. The van der Waals surface area contributed by atoms with E-state index in [-0.39, 0.29) is 47.9 Å². The zero-order valence-corrected chi connectivity index (χ0v) is 20.9. The molecule has 4 aliphatic rings. The molecule has 0 aromatic carbocycles. The van der Waals surface area contributed by atoms with Gasteiger partial charge >= 0.3 is 0 Å². The van der Waals surface area contributed by atoms with Crippen molar-refractivity contribution in [3.63, 3.8) is 0 Å². The third-order valence-electron chi connectivity index (χ3n) is 8.35. The minimum Gasteiger partial charge on any atom is -0.393 e. The Kier molecular flexibility index (Phi) is 8.10. The molecule has 0 saturated heterocycles. The van der Waals surface area contributed by atoms with Crippen LogP contribution >= 0.6 is 0 Å². The van der Waals surface area contributed by atoms with Crippen molar-refractivity contribution >= 4 is 17.3 Å². The number of hydrogen-bond donors (Lipinski definition) is 2. The predicted molar refractivity (Wildman–Crippen MR) is 126 cm³/mol. The van der Waals surface area contributed by atoms with Gasteiger partial charge in [0.25, 0.3) is 0 Å². The number of aliphatic hydroxyl groups is 2. The SMILES string of the molecule is CC.CC.CC(O)CC(=O)[C@@]1(O)CCC2C3CCC4=CC(=O)C=CC4(C)C3C(=O)CC21C. The van der Waals surface area contributed by atoms with Crippen LogP contribution in [0.15, 0.2) is 23.8 Å². The Morgan fingerprint density at radius 3 is 2.38 bits per heavy atom. The van der Waals surface area contributed by atoms with Crippen LogP contribution in [0.1, 0.15) is 87.0 Å². The fourth-order valence-corrected chi connectivity index (χ4v) is 6.93. The third-order valence-corrected chi connectivity index (χ3v) is 8.35. The molecular weight excluding hydrogens is 404 g/mol. The Labute approximate surface area is 193 Å². The number of hydrogen-bond acceptors (Lipinski definition) is 5. The first kappa shape index (κ1) is 26.7. The van der Waals surface area contributed by atoms with Gasteiger partial charge in [-0.15, -0.1) is 0 Å². The van der Waals surface area contributed by atoms with Crippen molar-refractivity contribution in [2.75, 3.05) is 0 Å². The summed E-state index contributed by atoms with van der Waals surface area (Å²) in [6, 6.07) is 0. The average Bonchev–Trinajstić information content (AvgIpc) is 3.02. The van der Waals surface area contributed by atoms with Crippen molar-refractivity contribution in [2.24, 2.45) is 28.6 Å². The van der Waals surface area contributed by atoms with Crippen LogP contribution in [-0.2, 0) is 14.4 Å². The summed E-state index contributed by atoms with van der Waals surface area (Å²) in [5.74, 6) is -0.296. The monoisotopic (exact) mass is 446 g/mol. The highest BCUT2D eigenvalue weighted by atomic mass is 16.3. The maximum Gasteiger partial charge on any atom is 0.178 e. The summed E-state index contributed by atoms with van der Waals surface area (Å²) in [7, 11) is 0. The first-order valence-electron chi connectivity index (χ1n) is 12.4. The molecular formula is C27H42O5. The van der Waals surface area contributed by atoms with Gasteiger partial charge in [-0.3, -0.25) is 14.4 Å². The Bertz CT molecular complexity index is 809. The van der Waals surface area contributed by atoms with Crippen molar-refractivity contribution in [3.05, 3.63) is 23.8 Å². The van der Waals surface area contributed by atoms with Gasteiger partial charge in [-0.25, -0.2) is 0 Å². The fourth-order valence-electron chi connectivity index (χ4n) is 6.93. The summed E-state index contributed by atoms with van der Waals surface area (Å²) in [6.45, 7) is 13.5. The van der Waals surface area contributed by atoms with E-state index in [0.29, 0.717) is 12.8 Å². The quantitative estimate of drug-likeness (QED) is 0.661. The molecule has 180 valence electrons. The van der Waals surface area contributed by atoms with Gasteiger partial charge in [-0.1, -0.05) is 53.2 Å². The molecule has 0 amide bonds. The first-order chi connectivity index (χ1) is 15.0. The van der Waals surface area contributed by atoms with Gasteiger partial charge in [0.1, 0.15) is 11.4 Å². The molecule has 6 unspecified atom stereocenters. The predicted octanol–water partition coefficient (Wildman–Crippen LogP) is 4.60. The summed E-state index contributed by atoms with van der Waals surface area (Å²) in [4.78, 5) is 38.1. The topological polar surface area (TPSA) is 91.7 Å². The second kappa shape index (κ2) is 9.72. The summed E-state index contributed by atoms with van der Waals surface area (Å²) >= 11 is 0. The molecule has 0 aromatic heterocycles. The van der Waals surface area contributed by atoms with E-state index in [9.17, 15) is 24.6 Å². The van der Waals surface area contributed by atoms with E-state index in [0.717, 1.165) is 18.4 Å². The molecule has 5 heteroatoms. The van der Waals surface area contributed by atoms with Crippen molar-refractivity contribution in [1.82, 2.24) is 0 Å². The fraction of sp³-hybridized carbons (Fsp3) is 0.741. The summed E-state index contributed by atoms with van der Waals surface area (Å²) in [6.07, 6.45) is 7.09. The van der Waals surface area contributed by atoms with Gasteiger partial charge in [-0.05, 0) is 56.6 Å². The highest BCUT2D eigenvalue weighted by Gasteiger charge is 2.68. The van der Waals surface area contributed by atoms with Crippen LogP contribution in [0.25, 0.3) is 0 Å². The Morgan fingerprint density at radius 2 is 1.78 bits per heavy atom. The van der Waals surface area contributed by atoms with Crippen LogP contribution in [0.4, 0.5) is 0 Å². The first-order valence-corrected chi connectivity index (χ1v) is 12.4. The zero-order chi connectivity index (χ0) is 24.5. The van der Waals surface area contributed by atoms with Gasteiger partial charge in [0.15, 0.2) is 11.6 Å². The number of allylic oxidation sites excluding steroid dienone is 4. The number of ketones is 3. The van der Waals surface area contributed by atoms with E-state index in [4.69, 9.17) is 0 Å². The van der Waals surface area contributed by atoms with Crippen LogP contribution in [-0.4, -0.2) is 39.3 Å². The number of aliphatic hydroxyl groups excluding tert-OH is 1. The molecule has 32 heavy (non-hydrogen) atoms. The molecule has 0 aromatic rings. The van der Waals surface area contributed by atoms with E-state index in [2.05, 4.69) is 6.92 Å². The molecule has 0 bridgehead atoms. The lowest BCUT2D eigenvalue weighted by Gasteiger charge is -2.56. The van der Waals surface area contributed by atoms with E-state index < -0.39 is 22.5 Å². The van der Waals surface area contributed by atoms with Gasteiger partial charge in [0, 0.05) is 29.6 Å². The second-order valence-electron chi connectivity index (χ2n) is 9.91. The average molecular weight is 447 g/mol. The van der Waals surface area contributed by atoms with Crippen molar-refractivity contribution in [1.29, 1.82) is 0 Å². The molecule has 0 spiro atoms. The Balaban J connectivity index is 0.000000860. The Morgan fingerprint density at radius 1 is 1.16 bits per heavy atom. The number of Topliss-reactive ketones (excluding diaryl/α,β-unsaturated/α-hetero) is 2.